The number of nitrogens with one attached hydrogen (secondary N) is 1. The highest BCUT2D eigenvalue weighted by Gasteiger charge is 2.31. The Morgan fingerprint density at radius 2 is 1.88 bits per heavy atom. The quantitative estimate of drug-likeness (QED) is 0.826. The van der Waals surface area contributed by atoms with Gasteiger partial charge in [-0.25, -0.2) is 12.8 Å². The van der Waals surface area contributed by atoms with Crippen LogP contribution in [-0.2, 0) is 14.8 Å². The number of sulfonamides is 1. The van der Waals surface area contributed by atoms with Crippen LogP contribution in [0.5, 0.6) is 0 Å². The molecule has 0 spiro atoms. The molecule has 2 rings (SSSR count). The number of halogens is 2. The van der Waals surface area contributed by atoms with Gasteiger partial charge in [-0.3, -0.25) is 9.10 Å². The number of rotatable bonds is 6. The van der Waals surface area contributed by atoms with Crippen molar-refractivity contribution in [2.75, 3.05) is 15.9 Å². The number of nitrogens with zero attached hydrogens (tertiary/aromatic N) is 1. The monoisotopic (exact) mass is 384 g/mol. The van der Waals surface area contributed by atoms with E-state index in [9.17, 15) is 17.6 Å². The van der Waals surface area contributed by atoms with Gasteiger partial charge in [0.15, 0.2) is 0 Å². The predicted octanol–water partition coefficient (Wildman–Crippen LogP) is 3.66. The first kappa shape index (κ1) is 19.2. The van der Waals surface area contributed by atoms with Crippen molar-refractivity contribution in [2.24, 2.45) is 0 Å². The molecule has 8 heteroatoms. The minimum atomic E-state index is -3.70. The second-order valence-corrected chi connectivity index (χ2v) is 7.70. The van der Waals surface area contributed by atoms with E-state index in [1.165, 1.54) is 12.1 Å². The predicted molar refractivity (Wildman–Crippen MR) is 97.9 cm³/mol. The molecule has 5 nitrogen and oxygen atoms in total. The van der Waals surface area contributed by atoms with Gasteiger partial charge in [0, 0.05) is 5.69 Å². The van der Waals surface area contributed by atoms with Crippen LogP contribution >= 0.6 is 11.6 Å². The van der Waals surface area contributed by atoms with Crippen LogP contribution in [0.15, 0.2) is 48.5 Å². The topological polar surface area (TPSA) is 66.5 Å². The summed E-state index contributed by atoms with van der Waals surface area (Å²) >= 11 is 5.71. The van der Waals surface area contributed by atoms with E-state index in [1.54, 1.807) is 37.3 Å². The Hall–Kier alpha value is -2.12. The third kappa shape index (κ3) is 4.70. The second kappa shape index (κ2) is 7.84. The Kier molecular flexibility index (Phi) is 6.02. The number of carbonyl (C=O) groups is 1. The molecule has 0 aliphatic heterocycles. The molecule has 1 atom stereocenters. The summed E-state index contributed by atoms with van der Waals surface area (Å²) in [4.78, 5) is 12.6. The van der Waals surface area contributed by atoms with Crippen LogP contribution in [0.4, 0.5) is 15.8 Å². The molecule has 0 fully saturated rings. The normalized spacial score (nSPS) is 12.5. The highest BCUT2D eigenvalue weighted by molar-refractivity contribution is 7.92. The maximum atomic E-state index is 13.2. The number of amides is 1. The van der Waals surface area contributed by atoms with Crippen LogP contribution in [0.1, 0.15) is 13.3 Å². The molecule has 0 unspecified atom stereocenters. The van der Waals surface area contributed by atoms with Crippen molar-refractivity contribution in [1.29, 1.82) is 0 Å². The molecule has 1 N–H and O–H groups in total. The first-order valence-corrected chi connectivity index (χ1v) is 9.77. The number of anilines is 2. The molecule has 0 aliphatic carbocycles. The lowest BCUT2D eigenvalue weighted by Gasteiger charge is -2.30. The first-order chi connectivity index (χ1) is 11.7. The highest BCUT2D eigenvalue weighted by atomic mass is 35.5. The lowest BCUT2D eigenvalue weighted by molar-refractivity contribution is -0.117. The van der Waals surface area contributed by atoms with Crippen LogP contribution in [0.25, 0.3) is 0 Å². The molecule has 0 saturated heterocycles. The molecule has 25 heavy (non-hydrogen) atoms. The summed E-state index contributed by atoms with van der Waals surface area (Å²) in [6.07, 6.45) is 1.30. The van der Waals surface area contributed by atoms with E-state index in [-0.39, 0.29) is 17.1 Å². The maximum absolute atomic E-state index is 13.2. The van der Waals surface area contributed by atoms with Gasteiger partial charge in [-0.05, 0) is 36.8 Å². The van der Waals surface area contributed by atoms with Gasteiger partial charge in [-0.1, -0.05) is 36.7 Å². The van der Waals surface area contributed by atoms with Gasteiger partial charge in [0.2, 0.25) is 15.9 Å². The molecule has 0 saturated carbocycles. The minimum Gasteiger partial charge on any atom is -0.324 e. The van der Waals surface area contributed by atoms with Crippen molar-refractivity contribution < 1.29 is 17.6 Å². The standard InChI is InChI=1S/C17H18ClFN2O3S/c1-3-16(17(22)20-12-9-10-15(19)14(18)11-12)21(25(2,23)24)13-7-5-4-6-8-13/h4-11,16H,3H2,1-2H3,(H,20,22)/t16-/m0/s1. The largest absolute Gasteiger partial charge is 0.324 e. The molecule has 0 bridgehead atoms. The summed E-state index contributed by atoms with van der Waals surface area (Å²) in [6.45, 7) is 1.71. The van der Waals surface area contributed by atoms with Crippen molar-refractivity contribution in [3.63, 3.8) is 0 Å². The lowest BCUT2D eigenvalue weighted by Crippen LogP contribution is -2.46. The summed E-state index contributed by atoms with van der Waals surface area (Å²) in [5.74, 6) is -1.13. The second-order valence-electron chi connectivity index (χ2n) is 5.44. The van der Waals surface area contributed by atoms with E-state index >= 15 is 0 Å². The van der Waals surface area contributed by atoms with Crippen LogP contribution in [0.3, 0.4) is 0 Å². The molecule has 2 aromatic carbocycles. The molecule has 0 radical (unpaired) electrons. The molecule has 0 aromatic heterocycles. The van der Waals surface area contributed by atoms with Gasteiger partial charge in [0.05, 0.1) is 17.0 Å². The molecule has 2 aromatic rings. The summed E-state index contributed by atoms with van der Waals surface area (Å²) in [6, 6.07) is 11.2. The molecule has 0 aliphatic rings. The van der Waals surface area contributed by atoms with Gasteiger partial charge < -0.3 is 5.32 Å². The molecular weight excluding hydrogens is 367 g/mol. The van der Waals surface area contributed by atoms with Crippen LogP contribution < -0.4 is 9.62 Å². The number of benzene rings is 2. The smallest absolute Gasteiger partial charge is 0.248 e. The van der Waals surface area contributed by atoms with Crippen molar-refractivity contribution in [1.82, 2.24) is 0 Å². The van der Waals surface area contributed by atoms with E-state index in [0.29, 0.717) is 5.69 Å². The van der Waals surface area contributed by atoms with E-state index in [0.717, 1.165) is 16.6 Å². The lowest BCUT2D eigenvalue weighted by atomic mass is 10.2. The first-order valence-electron chi connectivity index (χ1n) is 7.54. The average molecular weight is 385 g/mol. The molecular formula is C17H18ClFN2O3S. The van der Waals surface area contributed by atoms with Gasteiger partial charge in [-0.15, -0.1) is 0 Å². The van der Waals surface area contributed by atoms with Gasteiger partial charge in [0.1, 0.15) is 11.9 Å². The number of hydrogen-bond acceptors (Lipinski definition) is 3. The van der Waals surface area contributed by atoms with E-state index in [2.05, 4.69) is 5.32 Å². The number of carbonyl (C=O) groups excluding carboxylic acids is 1. The summed E-state index contributed by atoms with van der Waals surface area (Å²) in [5.41, 5.74) is 0.681. The summed E-state index contributed by atoms with van der Waals surface area (Å²) in [7, 11) is -3.70. The zero-order valence-corrected chi connectivity index (χ0v) is 15.3. The Morgan fingerprint density at radius 1 is 1.24 bits per heavy atom. The van der Waals surface area contributed by atoms with Crippen LogP contribution in [-0.4, -0.2) is 26.6 Å². The molecule has 134 valence electrons. The number of para-hydroxylation sites is 1. The van der Waals surface area contributed by atoms with E-state index < -0.39 is 27.8 Å². The SMILES string of the molecule is CC[C@@H](C(=O)Nc1ccc(F)c(Cl)c1)N(c1ccccc1)S(C)(=O)=O. The Bertz CT molecular complexity index is 859. The fraction of sp³-hybridized carbons (Fsp3) is 0.235. The van der Waals surface area contributed by atoms with E-state index in [1.807, 2.05) is 0 Å². The molecule has 1 amide bonds. The van der Waals surface area contributed by atoms with Crippen LogP contribution in [0.2, 0.25) is 5.02 Å². The third-order valence-corrected chi connectivity index (χ3v) is 5.00. The number of hydrogen-bond donors (Lipinski definition) is 1. The van der Waals surface area contributed by atoms with Crippen molar-refractivity contribution in [2.45, 2.75) is 19.4 Å². The fourth-order valence-electron chi connectivity index (χ4n) is 2.43. The maximum Gasteiger partial charge on any atom is 0.248 e. The zero-order chi connectivity index (χ0) is 18.6. The Morgan fingerprint density at radius 3 is 2.40 bits per heavy atom. The zero-order valence-electron chi connectivity index (χ0n) is 13.7. The van der Waals surface area contributed by atoms with Crippen molar-refractivity contribution >= 4 is 38.9 Å². The minimum absolute atomic E-state index is 0.131. The fourth-order valence-corrected chi connectivity index (χ4v) is 3.83. The van der Waals surface area contributed by atoms with Gasteiger partial charge >= 0.3 is 0 Å². The van der Waals surface area contributed by atoms with E-state index in [4.69, 9.17) is 11.6 Å². The van der Waals surface area contributed by atoms with Crippen molar-refractivity contribution in [3.8, 4) is 0 Å². The Labute approximate surface area is 151 Å². The summed E-state index contributed by atoms with van der Waals surface area (Å²) in [5, 5.41) is 2.46. The molecule has 0 heterocycles. The third-order valence-electron chi connectivity index (χ3n) is 3.53. The van der Waals surface area contributed by atoms with Crippen LogP contribution in [0, 0.1) is 5.82 Å². The summed E-state index contributed by atoms with van der Waals surface area (Å²) < 4.78 is 38.8. The Balaban J connectivity index is 2.34. The highest BCUT2D eigenvalue weighted by Crippen LogP contribution is 2.24. The van der Waals surface area contributed by atoms with Crippen molar-refractivity contribution in [3.05, 3.63) is 59.4 Å². The average Bonchev–Trinajstić information content (AvgIpc) is 2.55. The van der Waals surface area contributed by atoms with Gasteiger partial charge in [-0.2, -0.15) is 0 Å². The van der Waals surface area contributed by atoms with Gasteiger partial charge in [0.25, 0.3) is 0 Å².